The van der Waals surface area contributed by atoms with Gasteiger partial charge in [0.1, 0.15) is 0 Å². The van der Waals surface area contributed by atoms with Crippen molar-refractivity contribution in [3.05, 3.63) is 29.8 Å². The van der Waals surface area contributed by atoms with Crippen LogP contribution in [-0.4, -0.2) is 17.3 Å². The molecule has 1 aliphatic heterocycles. The minimum absolute atomic E-state index is 0.0630. The fraction of sp³-hybridized carbons (Fsp3) is 0.364. The monoisotopic (exact) mass is 307 g/mol. The van der Waals surface area contributed by atoms with E-state index in [2.05, 4.69) is 15.9 Å². The first kappa shape index (κ1) is 12.4. The van der Waals surface area contributed by atoms with Gasteiger partial charge in [-0.25, -0.2) is 0 Å². The average Bonchev–Trinajstić information content (AvgIpc) is 2.59. The van der Waals surface area contributed by atoms with Crippen molar-refractivity contribution in [1.82, 2.24) is 0 Å². The molecule has 0 spiro atoms. The molecular formula is C11H9BrF3NO. The number of hydrogen-bond acceptors (Lipinski definition) is 1. The number of rotatable bonds is 1. The summed E-state index contributed by atoms with van der Waals surface area (Å²) in [6.07, 6.45) is -3.92. The molecule has 6 heteroatoms. The van der Waals surface area contributed by atoms with Crippen LogP contribution in [0.2, 0.25) is 0 Å². The molecule has 0 unspecified atom stereocenters. The predicted molar refractivity (Wildman–Crippen MR) is 61.1 cm³/mol. The number of anilines is 1. The lowest BCUT2D eigenvalue weighted by molar-refractivity contribution is -0.137. The largest absolute Gasteiger partial charge is 0.418 e. The second-order valence-corrected chi connectivity index (χ2v) is 4.87. The van der Waals surface area contributed by atoms with Gasteiger partial charge in [0, 0.05) is 6.54 Å². The van der Waals surface area contributed by atoms with Crippen LogP contribution in [0, 0.1) is 0 Å². The summed E-state index contributed by atoms with van der Waals surface area (Å²) < 4.78 is 38.3. The maximum atomic E-state index is 12.8. The molecule has 1 heterocycles. The Morgan fingerprint density at radius 3 is 2.47 bits per heavy atom. The molecule has 17 heavy (non-hydrogen) atoms. The van der Waals surface area contributed by atoms with Crippen LogP contribution in [0.25, 0.3) is 0 Å². The highest BCUT2D eigenvalue weighted by Gasteiger charge is 2.38. The Morgan fingerprint density at radius 2 is 1.94 bits per heavy atom. The maximum absolute atomic E-state index is 12.8. The number of halogens is 4. The van der Waals surface area contributed by atoms with Crippen LogP contribution in [0.1, 0.15) is 12.0 Å². The molecule has 92 valence electrons. The fourth-order valence-corrected chi connectivity index (χ4v) is 2.29. The number of alkyl halides is 4. The summed E-state index contributed by atoms with van der Waals surface area (Å²) in [7, 11) is 0. The fourth-order valence-electron chi connectivity index (χ4n) is 1.83. The SMILES string of the molecule is O=C1[C@H](Br)CCN1c1ccccc1C(F)(F)F. The van der Waals surface area contributed by atoms with Crippen molar-refractivity contribution in [3.8, 4) is 0 Å². The summed E-state index contributed by atoms with van der Waals surface area (Å²) in [5, 5.41) is 0. The lowest BCUT2D eigenvalue weighted by atomic mass is 10.1. The number of nitrogens with zero attached hydrogens (tertiary/aromatic N) is 1. The zero-order chi connectivity index (χ0) is 12.6. The van der Waals surface area contributed by atoms with Crippen molar-refractivity contribution < 1.29 is 18.0 Å². The van der Waals surface area contributed by atoms with Gasteiger partial charge in [0.15, 0.2) is 0 Å². The third kappa shape index (κ3) is 2.31. The topological polar surface area (TPSA) is 20.3 Å². The van der Waals surface area contributed by atoms with Crippen LogP contribution in [0.5, 0.6) is 0 Å². The number of benzene rings is 1. The van der Waals surface area contributed by atoms with Gasteiger partial charge in [0.05, 0.1) is 16.1 Å². The summed E-state index contributed by atoms with van der Waals surface area (Å²) in [6, 6.07) is 5.13. The second-order valence-electron chi connectivity index (χ2n) is 3.76. The predicted octanol–water partition coefficient (Wildman–Crippen LogP) is 3.21. The Morgan fingerprint density at radius 1 is 1.29 bits per heavy atom. The number of hydrogen-bond donors (Lipinski definition) is 0. The van der Waals surface area contributed by atoms with E-state index in [0.29, 0.717) is 13.0 Å². The molecule has 0 bridgehead atoms. The molecule has 0 radical (unpaired) electrons. The molecule has 1 atom stereocenters. The Kier molecular flexibility index (Phi) is 3.16. The highest BCUT2D eigenvalue weighted by molar-refractivity contribution is 9.10. The first-order chi connectivity index (χ1) is 7.91. The molecule has 0 aliphatic carbocycles. The van der Waals surface area contributed by atoms with E-state index < -0.39 is 11.7 Å². The first-order valence-corrected chi connectivity index (χ1v) is 5.94. The molecule has 1 fully saturated rings. The van der Waals surface area contributed by atoms with Gasteiger partial charge in [-0.3, -0.25) is 4.79 Å². The van der Waals surface area contributed by atoms with Gasteiger partial charge < -0.3 is 4.90 Å². The molecule has 1 saturated heterocycles. The molecule has 0 aromatic heterocycles. The summed E-state index contributed by atoms with van der Waals surface area (Å²) in [5.74, 6) is -0.318. The molecule has 1 aromatic carbocycles. The standard InChI is InChI=1S/C11H9BrF3NO/c12-8-5-6-16(10(8)17)9-4-2-1-3-7(9)11(13,14)15/h1-4,8H,5-6H2/t8-/m1/s1. The van der Waals surface area contributed by atoms with E-state index >= 15 is 0 Å². The molecule has 2 nitrogen and oxygen atoms in total. The van der Waals surface area contributed by atoms with Crippen molar-refractivity contribution >= 4 is 27.5 Å². The number of para-hydroxylation sites is 1. The third-order valence-corrected chi connectivity index (χ3v) is 3.49. The van der Waals surface area contributed by atoms with Crippen molar-refractivity contribution in [2.24, 2.45) is 0 Å². The van der Waals surface area contributed by atoms with Crippen LogP contribution in [0.3, 0.4) is 0 Å². The lowest BCUT2D eigenvalue weighted by Crippen LogP contribution is -2.29. The average molecular weight is 308 g/mol. The number of amides is 1. The molecule has 2 rings (SSSR count). The third-order valence-electron chi connectivity index (χ3n) is 2.64. The minimum Gasteiger partial charge on any atom is -0.311 e. The van der Waals surface area contributed by atoms with Gasteiger partial charge >= 0.3 is 6.18 Å². The maximum Gasteiger partial charge on any atom is 0.418 e. The van der Waals surface area contributed by atoms with Crippen molar-refractivity contribution in [3.63, 3.8) is 0 Å². The normalized spacial score (nSPS) is 21.1. The summed E-state index contributed by atoms with van der Waals surface area (Å²) in [5.41, 5.74) is -0.832. The van der Waals surface area contributed by atoms with Crippen molar-refractivity contribution in [2.45, 2.75) is 17.4 Å². The molecule has 1 amide bonds. The van der Waals surface area contributed by atoms with Crippen LogP contribution in [-0.2, 0) is 11.0 Å². The molecular weight excluding hydrogens is 299 g/mol. The van der Waals surface area contributed by atoms with Crippen molar-refractivity contribution in [2.75, 3.05) is 11.4 Å². The Hall–Kier alpha value is -1.04. The number of carbonyl (C=O) groups excluding carboxylic acids is 1. The Bertz CT molecular complexity index is 447. The molecule has 1 aromatic rings. The van der Waals surface area contributed by atoms with Gasteiger partial charge in [0.2, 0.25) is 5.91 Å². The van der Waals surface area contributed by atoms with E-state index in [-0.39, 0.29) is 16.4 Å². The van der Waals surface area contributed by atoms with E-state index in [1.165, 1.54) is 23.1 Å². The van der Waals surface area contributed by atoms with Gasteiger partial charge in [0.25, 0.3) is 0 Å². The molecule has 0 N–H and O–H groups in total. The highest BCUT2D eigenvalue weighted by Crippen LogP contribution is 2.38. The van der Waals surface area contributed by atoms with E-state index in [1.54, 1.807) is 0 Å². The van der Waals surface area contributed by atoms with Crippen LogP contribution in [0.4, 0.5) is 18.9 Å². The highest BCUT2D eigenvalue weighted by atomic mass is 79.9. The van der Waals surface area contributed by atoms with E-state index in [9.17, 15) is 18.0 Å². The van der Waals surface area contributed by atoms with Gasteiger partial charge in [-0.05, 0) is 18.6 Å². The minimum atomic E-state index is -4.44. The van der Waals surface area contributed by atoms with E-state index in [0.717, 1.165) is 6.07 Å². The Balaban J connectivity index is 2.43. The zero-order valence-electron chi connectivity index (χ0n) is 8.67. The smallest absolute Gasteiger partial charge is 0.311 e. The van der Waals surface area contributed by atoms with Crippen LogP contribution < -0.4 is 4.90 Å². The van der Waals surface area contributed by atoms with E-state index in [1.807, 2.05) is 0 Å². The summed E-state index contributed by atoms with van der Waals surface area (Å²) in [6.45, 7) is 0.307. The van der Waals surface area contributed by atoms with Crippen LogP contribution >= 0.6 is 15.9 Å². The van der Waals surface area contributed by atoms with Gasteiger partial charge in [-0.2, -0.15) is 13.2 Å². The zero-order valence-corrected chi connectivity index (χ0v) is 10.3. The van der Waals surface area contributed by atoms with Crippen molar-refractivity contribution in [1.29, 1.82) is 0 Å². The van der Waals surface area contributed by atoms with Gasteiger partial charge in [-0.1, -0.05) is 28.1 Å². The second kappa shape index (κ2) is 4.33. The quantitative estimate of drug-likeness (QED) is 0.730. The van der Waals surface area contributed by atoms with Gasteiger partial charge in [-0.15, -0.1) is 0 Å². The Labute approximate surface area is 105 Å². The first-order valence-electron chi connectivity index (χ1n) is 5.03. The van der Waals surface area contributed by atoms with E-state index in [4.69, 9.17) is 0 Å². The molecule has 0 saturated carbocycles. The lowest BCUT2D eigenvalue weighted by Gasteiger charge is -2.21. The summed E-state index contributed by atoms with van der Waals surface area (Å²) >= 11 is 3.14. The summed E-state index contributed by atoms with van der Waals surface area (Å²) in [4.78, 5) is 12.5. The van der Waals surface area contributed by atoms with Crippen LogP contribution in [0.15, 0.2) is 24.3 Å². The molecule has 1 aliphatic rings. The number of carbonyl (C=O) groups is 1.